The van der Waals surface area contributed by atoms with Gasteiger partial charge >= 0.3 is 0 Å². The molecule has 2 atom stereocenters. The van der Waals surface area contributed by atoms with E-state index in [1.165, 1.54) is 5.56 Å². The zero-order valence-corrected chi connectivity index (χ0v) is 10.9. The molecule has 1 aromatic carbocycles. The van der Waals surface area contributed by atoms with Crippen molar-refractivity contribution < 1.29 is 0 Å². The van der Waals surface area contributed by atoms with E-state index in [-0.39, 0.29) is 6.04 Å². The van der Waals surface area contributed by atoms with Crippen LogP contribution < -0.4 is 11.1 Å². The Bertz CT molecular complexity index is 480. The van der Waals surface area contributed by atoms with Crippen LogP contribution in [0.15, 0.2) is 29.3 Å². The van der Waals surface area contributed by atoms with Gasteiger partial charge in [0.05, 0.1) is 17.8 Å². The first-order valence-electron chi connectivity index (χ1n) is 6.57. The van der Waals surface area contributed by atoms with E-state index in [2.05, 4.69) is 41.2 Å². The molecule has 3 N–H and O–H groups in total. The fraction of sp³-hybridized carbons (Fsp3) is 0.500. The first-order chi connectivity index (χ1) is 8.66. The average molecular weight is 244 g/mol. The molecule has 2 aliphatic rings. The highest BCUT2D eigenvalue weighted by molar-refractivity contribution is 5.92. The Morgan fingerprint density at radius 2 is 2.22 bits per heavy atom. The number of fused-ring (bicyclic) bond motifs is 3. The molecular formula is C14H20N4. The van der Waals surface area contributed by atoms with Crippen molar-refractivity contribution in [3.05, 3.63) is 29.8 Å². The Hall–Kier alpha value is -1.39. The van der Waals surface area contributed by atoms with Gasteiger partial charge in [-0.3, -0.25) is 10.2 Å². The second kappa shape index (κ2) is 4.37. The van der Waals surface area contributed by atoms with E-state index in [9.17, 15) is 0 Å². The second-order valence-electron chi connectivity index (χ2n) is 5.55. The predicted octanol–water partition coefficient (Wildman–Crippen LogP) is 1.62. The molecule has 1 fully saturated rings. The van der Waals surface area contributed by atoms with Crippen LogP contribution in [0.4, 0.5) is 5.69 Å². The number of nitrogens with two attached hydrogens (primary N) is 1. The molecule has 96 valence electrons. The van der Waals surface area contributed by atoms with Crippen LogP contribution in [-0.2, 0) is 0 Å². The molecule has 0 aromatic heterocycles. The third-order valence-corrected chi connectivity index (χ3v) is 3.65. The highest BCUT2D eigenvalue weighted by Gasteiger charge is 2.40. The highest BCUT2D eigenvalue weighted by atomic mass is 15.3. The number of hydrogen-bond acceptors (Lipinski definition) is 4. The van der Waals surface area contributed by atoms with E-state index in [1.807, 2.05) is 12.1 Å². The molecule has 3 rings (SSSR count). The quantitative estimate of drug-likeness (QED) is 0.831. The summed E-state index contributed by atoms with van der Waals surface area (Å²) in [5.41, 5.74) is 8.40. The van der Waals surface area contributed by atoms with Crippen LogP contribution in [0, 0.1) is 5.92 Å². The summed E-state index contributed by atoms with van der Waals surface area (Å²) in [6.45, 7) is 6.47. The number of para-hydroxylation sites is 1. The first kappa shape index (κ1) is 11.7. The molecule has 2 unspecified atom stereocenters. The van der Waals surface area contributed by atoms with Crippen molar-refractivity contribution in [3.8, 4) is 0 Å². The minimum absolute atomic E-state index is 0.165. The fourth-order valence-corrected chi connectivity index (χ4v) is 2.97. The highest BCUT2D eigenvalue weighted by Crippen LogP contribution is 2.38. The minimum Gasteiger partial charge on any atom is -0.386 e. The van der Waals surface area contributed by atoms with Gasteiger partial charge in [-0.15, -0.1) is 0 Å². The summed E-state index contributed by atoms with van der Waals surface area (Å²) in [7, 11) is 0. The van der Waals surface area contributed by atoms with Crippen LogP contribution in [0.2, 0.25) is 0 Å². The molecule has 0 spiro atoms. The van der Waals surface area contributed by atoms with Crippen molar-refractivity contribution in [3.63, 3.8) is 0 Å². The fourth-order valence-electron chi connectivity index (χ4n) is 2.97. The average Bonchev–Trinajstić information content (AvgIpc) is 2.73. The van der Waals surface area contributed by atoms with Gasteiger partial charge in [-0.25, -0.2) is 4.99 Å². The number of benzene rings is 1. The smallest absolute Gasteiger partial charge is 0.119 e. The summed E-state index contributed by atoms with van der Waals surface area (Å²) in [5, 5.41) is 3.47. The topological polar surface area (TPSA) is 53.6 Å². The SMILES string of the molecule is CC(C)CN1CNC2C(N)=Nc3ccccc3C21. The molecule has 4 heteroatoms. The lowest BCUT2D eigenvalue weighted by Crippen LogP contribution is -2.42. The number of aliphatic imine (C=N–C) groups is 1. The van der Waals surface area contributed by atoms with Crippen LogP contribution in [0.25, 0.3) is 0 Å². The molecule has 1 saturated heterocycles. The normalized spacial score (nSPS) is 26.9. The lowest BCUT2D eigenvalue weighted by atomic mass is 9.94. The van der Waals surface area contributed by atoms with Gasteiger partial charge < -0.3 is 5.73 Å². The van der Waals surface area contributed by atoms with E-state index in [4.69, 9.17) is 5.73 Å². The Morgan fingerprint density at radius 1 is 1.44 bits per heavy atom. The lowest BCUT2D eigenvalue weighted by molar-refractivity contribution is 0.226. The zero-order valence-electron chi connectivity index (χ0n) is 10.9. The maximum absolute atomic E-state index is 6.09. The predicted molar refractivity (Wildman–Crippen MR) is 73.8 cm³/mol. The molecule has 0 amide bonds. The third kappa shape index (κ3) is 1.82. The number of rotatable bonds is 2. The molecule has 0 saturated carbocycles. The summed E-state index contributed by atoms with van der Waals surface area (Å²) in [5.74, 6) is 1.36. The Morgan fingerprint density at radius 3 is 3.00 bits per heavy atom. The van der Waals surface area contributed by atoms with Crippen molar-refractivity contribution in [2.24, 2.45) is 16.6 Å². The lowest BCUT2D eigenvalue weighted by Gasteiger charge is -2.31. The van der Waals surface area contributed by atoms with E-state index in [0.717, 1.165) is 18.9 Å². The van der Waals surface area contributed by atoms with Crippen LogP contribution in [0.1, 0.15) is 25.5 Å². The Balaban J connectivity index is 1.99. The Kier molecular flexibility index (Phi) is 2.84. The maximum Gasteiger partial charge on any atom is 0.119 e. The van der Waals surface area contributed by atoms with E-state index < -0.39 is 0 Å². The molecule has 0 bridgehead atoms. The van der Waals surface area contributed by atoms with Gasteiger partial charge in [0.25, 0.3) is 0 Å². The van der Waals surface area contributed by atoms with Gasteiger partial charge in [0, 0.05) is 13.2 Å². The molecule has 0 aliphatic carbocycles. The van der Waals surface area contributed by atoms with Crippen molar-refractivity contribution in [1.29, 1.82) is 0 Å². The first-order valence-corrected chi connectivity index (χ1v) is 6.57. The molecule has 1 aromatic rings. The van der Waals surface area contributed by atoms with E-state index >= 15 is 0 Å². The number of nitrogens with one attached hydrogen (secondary N) is 1. The van der Waals surface area contributed by atoms with Crippen molar-refractivity contribution >= 4 is 11.5 Å². The van der Waals surface area contributed by atoms with Gasteiger partial charge in [0.2, 0.25) is 0 Å². The van der Waals surface area contributed by atoms with Gasteiger partial charge in [-0.1, -0.05) is 32.0 Å². The summed E-state index contributed by atoms with van der Waals surface area (Å²) in [6.07, 6.45) is 0. The second-order valence-corrected chi connectivity index (χ2v) is 5.55. The molecule has 2 heterocycles. The van der Waals surface area contributed by atoms with Gasteiger partial charge in [0.15, 0.2) is 0 Å². The Labute approximate surface area is 108 Å². The van der Waals surface area contributed by atoms with Gasteiger partial charge in [-0.05, 0) is 17.5 Å². The van der Waals surface area contributed by atoms with Crippen LogP contribution in [0.5, 0.6) is 0 Å². The zero-order chi connectivity index (χ0) is 12.7. The van der Waals surface area contributed by atoms with Crippen LogP contribution in [-0.4, -0.2) is 30.0 Å². The summed E-state index contributed by atoms with van der Waals surface area (Å²) >= 11 is 0. The van der Waals surface area contributed by atoms with Crippen molar-refractivity contribution in [2.45, 2.75) is 25.9 Å². The van der Waals surface area contributed by atoms with Gasteiger partial charge in [0.1, 0.15) is 5.84 Å². The molecule has 0 radical (unpaired) electrons. The van der Waals surface area contributed by atoms with E-state index in [0.29, 0.717) is 17.8 Å². The van der Waals surface area contributed by atoms with Crippen LogP contribution in [0.3, 0.4) is 0 Å². The number of hydrogen-bond donors (Lipinski definition) is 2. The summed E-state index contributed by atoms with van der Waals surface area (Å²) < 4.78 is 0. The molecule has 4 nitrogen and oxygen atoms in total. The summed E-state index contributed by atoms with van der Waals surface area (Å²) in [6, 6.07) is 8.82. The maximum atomic E-state index is 6.09. The standard InChI is InChI=1S/C14H20N4/c1-9(2)7-18-8-16-12-13(18)10-5-3-4-6-11(10)17-14(12)15/h3-6,9,12-13,16H,7-8H2,1-2H3,(H2,15,17). The van der Waals surface area contributed by atoms with E-state index in [1.54, 1.807) is 0 Å². The van der Waals surface area contributed by atoms with Crippen molar-refractivity contribution in [1.82, 2.24) is 10.2 Å². The van der Waals surface area contributed by atoms with Crippen LogP contribution >= 0.6 is 0 Å². The molecule has 2 aliphatic heterocycles. The monoisotopic (exact) mass is 244 g/mol. The molecular weight excluding hydrogens is 224 g/mol. The summed E-state index contributed by atoms with van der Waals surface area (Å²) in [4.78, 5) is 6.98. The number of amidine groups is 1. The third-order valence-electron chi connectivity index (χ3n) is 3.65. The minimum atomic E-state index is 0.165. The largest absolute Gasteiger partial charge is 0.386 e. The number of nitrogens with zero attached hydrogens (tertiary/aromatic N) is 2. The van der Waals surface area contributed by atoms with Gasteiger partial charge in [-0.2, -0.15) is 0 Å². The van der Waals surface area contributed by atoms with Crippen molar-refractivity contribution in [2.75, 3.05) is 13.2 Å². The molecule has 18 heavy (non-hydrogen) atoms.